The topological polar surface area (TPSA) is 126 Å². The summed E-state index contributed by atoms with van der Waals surface area (Å²) >= 11 is 0. The lowest BCUT2D eigenvalue weighted by Gasteiger charge is -2.41. The van der Waals surface area contributed by atoms with E-state index in [0.717, 1.165) is 34.5 Å². The lowest BCUT2D eigenvalue weighted by molar-refractivity contribution is 0.0691. The van der Waals surface area contributed by atoms with Crippen LogP contribution < -0.4 is 15.8 Å². The van der Waals surface area contributed by atoms with Crippen LogP contribution in [0, 0.1) is 11.6 Å². The number of hydrogen-bond donors (Lipinski definition) is 4. The van der Waals surface area contributed by atoms with Crippen molar-refractivity contribution in [1.82, 2.24) is 20.3 Å². The van der Waals surface area contributed by atoms with Crippen LogP contribution in [-0.2, 0) is 18.3 Å². The Labute approximate surface area is 210 Å². The predicted molar refractivity (Wildman–Crippen MR) is 132 cm³/mol. The number of aromatic carboxylic acids is 1. The van der Waals surface area contributed by atoms with E-state index in [1.807, 2.05) is 6.07 Å². The zero-order valence-electron chi connectivity index (χ0n) is 19.6. The number of ether oxygens (including phenoxy) is 1. The fourth-order valence-corrected chi connectivity index (χ4v) is 5.10. The second-order valence-corrected chi connectivity index (χ2v) is 9.41. The molecule has 1 saturated heterocycles. The zero-order chi connectivity index (χ0) is 25.7. The molecule has 1 aliphatic heterocycles. The van der Waals surface area contributed by atoms with E-state index in [-0.39, 0.29) is 11.6 Å². The summed E-state index contributed by atoms with van der Waals surface area (Å²) in [5, 5.41) is 13.3. The number of halogens is 2. The average molecular weight is 504 g/mol. The second kappa shape index (κ2) is 8.75. The number of aryl methyl sites for hydroxylation is 1. The molecule has 0 radical (unpaired) electrons. The van der Waals surface area contributed by atoms with Crippen molar-refractivity contribution in [2.24, 2.45) is 5.73 Å². The number of H-pyrrole nitrogens is 1. The van der Waals surface area contributed by atoms with Crippen LogP contribution in [0.3, 0.4) is 0 Å². The molecule has 10 heteroatoms. The van der Waals surface area contributed by atoms with Gasteiger partial charge in [-0.2, -0.15) is 0 Å². The normalized spacial score (nSPS) is 15.4. The van der Waals surface area contributed by atoms with E-state index in [0.29, 0.717) is 55.0 Å². The SMILES string of the molecule is NCC1(c2[nH]c3c(c2C(=O)O)CCc2cnc(-c4ccc(Oc5ccc(F)cc5F)nc4)cc2-3)CNC1. The fraction of sp³-hybridized carbons (Fsp3) is 0.222. The van der Waals surface area contributed by atoms with Crippen molar-refractivity contribution >= 4 is 5.97 Å². The van der Waals surface area contributed by atoms with Crippen LogP contribution in [0.2, 0.25) is 0 Å². The lowest BCUT2D eigenvalue weighted by Crippen LogP contribution is -2.61. The average Bonchev–Trinajstić information content (AvgIpc) is 3.26. The molecule has 5 N–H and O–H groups in total. The van der Waals surface area contributed by atoms with Crippen molar-refractivity contribution in [3.05, 3.63) is 82.8 Å². The summed E-state index contributed by atoms with van der Waals surface area (Å²) in [6, 6.07) is 8.30. The minimum atomic E-state index is -0.956. The molecule has 1 fully saturated rings. The molecule has 0 spiro atoms. The van der Waals surface area contributed by atoms with Crippen LogP contribution in [0.5, 0.6) is 11.6 Å². The number of carboxylic acids is 1. The predicted octanol–water partition coefficient (Wildman–Crippen LogP) is 3.81. The smallest absolute Gasteiger partial charge is 0.337 e. The maximum absolute atomic E-state index is 13.9. The number of fused-ring (bicyclic) bond motifs is 3. The van der Waals surface area contributed by atoms with E-state index >= 15 is 0 Å². The molecule has 4 aromatic rings. The first-order chi connectivity index (χ1) is 17.9. The number of carbonyl (C=O) groups is 1. The van der Waals surface area contributed by atoms with Gasteiger partial charge in [0, 0.05) is 66.4 Å². The van der Waals surface area contributed by atoms with Gasteiger partial charge in [0.25, 0.3) is 0 Å². The minimum absolute atomic E-state index is 0.130. The fourth-order valence-electron chi connectivity index (χ4n) is 5.10. The Morgan fingerprint density at radius 2 is 1.95 bits per heavy atom. The first-order valence-electron chi connectivity index (χ1n) is 11.9. The summed E-state index contributed by atoms with van der Waals surface area (Å²) < 4.78 is 32.5. The number of hydrogen-bond acceptors (Lipinski definition) is 6. The number of nitrogens with two attached hydrogens (primary N) is 1. The Hall–Kier alpha value is -4.15. The third-order valence-corrected chi connectivity index (χ3v) is 7.21. The third-order valence-electron chi connectivity index (χ3n) is 7.21. The Morgan fingerprint density at radius 3 is 2.59 bits per heavy atom. The van der Waals surface area contributed by atoms with E-state index in [1.165, 1.54) is 6.07 Å². The summed E-state index contributed by atoms with van der Waals surface area (Å²) in [4.78, 5) is 24.6. The first-order valence-corrected chi connectivity index (χ1v) is 11.9. The summed E-state index contributed by atoms with van der Waals surface area (Å²) in [6.07, 6.45) is 4.64. The van der Waals surface area contributed by atoms with Crippen molar-refractivity contribution < 1.29 is 23.4 Å². The van der Waals surface area contributed by atoms with E-state index in [1.54, 1.807) is 24.5 Å². The summed E-state index contributed by atoms with van der Waals surface area (Å²) in [5.41, 5.74) is 11.5. The van der Waals surface area contributed by atoms with Crippen LogP contribution in [-0.4, -0.2) is 45.7 Å². The molecule has 37 heavy (non-hydrogen) atoms. The number of pyridine rings is 2. The number of rotatable bonds is 6. The van der Waals surface area contributed by atoms with Crippen molar-refractivity contribution in [2.75, 3.05) is 19.6 Å². The van der Waals surface area contributed by atoms with Gasteiger partial charge in [0.1, 0.15) is 5.82 Å². The second-order valence-electron chi connectivity index (χ2n) is 9.41. The number of nitrogens with one attached hydrogen (secondary N) is 2. The molecule has 1 aromatic carbocycles. The van der Waals surface area contributed by atoms with Crippen LogP contribution in [0.1, 0.15) is 27.2 Å². The number of nitrogens with zero attached hydrogens (tertiary/aromatic N) is 2. The lowest BCUT2D eigenvalue weighted by atomic mass is 9.76. The van der Waals surface area contributed by atoms with Crippen molar-refractivity contribution in [2.45, 2.75) is 18.3 Å². The Kier molecular flexibility index (Phi) is 5.50. The summed E-state index contributed by atoms with van der Waals surface area (Å²) in [6.45, 7) is 1.59. The third kappa shape index (κ3) is 3.85. The molecule has 4 heterocycles. The van der Waals surface area contributed by atoms with Gasteiger partial charge < -0.3 is 25.9 Å². The molecule has 188 valence electrons. The molecule has 0 amide bonds. The maximum Gasteiger partial charge on any atom is 0.337 e. The molecular formula is C27H23F2N5O3. The highest BCUT2D eigenvalue weighted by atomic mass is 19.1. The van der Waals surface area contributed by atoms with Gasteiger partial charge in [0.15, 0.2) is 11.6 Å². The minimum Gasteiger partial charge on any atom is -0.478 e. The highest BCUT2D eigenvalue weighted by Crippen LogP contribution is 2.41. The van der Waals surface area contributed by atoms with Crippen LogP contribution >= 0.6 is 0 Å². The van der Waals surface area contributed by atoms with Gasteiger partial charge >= 0.3 is 5.97 Å². The molecule has 1 aliphatic carbocycles. The Balaban J connectivity index is 1.35. The zero-order valence-corrected chi connectivity index (χ0v) is 19.6. The number of aromatic nitrogens is 3. The molecule has 8 nitrogen and oxygen atoms in total. The van der Waals surface area contributed by atoms with Gasteiger partial charge in [-0.25, -0.2) is 18.6 Å². The maximum atomic E-state index is 13.9. The molecule has 2 aliphatic rings. The van der Waals surface area contributed by atoms with E-state index < -0.39 is 23.0 Å². The molecule has 6 rings (SSSR count). The van der Waals surface area contributed by atoms with E-state index in [2.05, 4.69) is 20.3 Å². The van der Waals surface area contributed by atoms with Gasteiger partial charge in [-0.1, -0.05) is 0 Å². The van der Waals surface area contributed by atoms with Gasteiger partial charge in [-0.05, 0) is 48.2 Å². The van der Waals surface area contributed by atoms with Crippen molar-refractivity contribution in [3.63, 3.8) is 0 Å². The van der Waals surface area contributed by atoms with Crippen LogP contribution in [0.4, 0.5) is 8.78 Å². The van der Waals surface area contributed by atoms with Crippen LogP contribution in [0.25, 0.3) is 22.5 Å². The standard InChI is InChI=1S/C27H23F2N5O3/c28-16-3-5-21(19(29)7-16)37-22-6-2-15(10-33-22)20-8-18-14(9-32-20)1-4-17-23(26(35)36)25(34-24(17)18)27(11-30)12-31-13-27/h2-3,5-10,31,34H,1,4,11-13,30H2,(H,35,36). The van der Waals surface area contributed by atoms with Crippen molar-refractivity contribution in [1.29, 1.82) is 0 Å². The number of aromatic amines is 1. The van der Waals surface area contributed by atoms with Crippen LogP contribution in [0.15, 0.2) is 48.8 Å². The highest BCUT2D eigenvalue weighted by molar-refractivity contribution is 5.95. The number of carboxylic acid groups (broad SMARTS) is 1. The largest absolute Gasteiger partial charge is 0.478 e. The van der Waals surface area contributed by atoms with Gasteiger partial charge in [0.05, 0.1) is 17.0 Å². The van der Waals surface area contributed by atoms with E-state index in [9.17, 15) is 18.7 Å². The molecule has 0 unspecified atom stereocenters. The first kappa shape index (κ1) is 23.3. The Morgan fingerprint density at radius 1 is 1.11 bits per heavy atom. The van der Waals surface area contributed by atoms with Gasteiger partial charge in [-0.3, -0.25) is 4.98 Å². The number of benzene rings is 1. The summed E-state index contributed by atoms with van der Waals surface area (Å²) in [7, 11) is 0. The molecule has 3 aromatic heterocycles. The molecule has 0 atom stereocenters. The monoisotopic (exact) mass is 503 g/mol. The van der Waals surface area contributed by atoms with Crippen molar-refractivity contribution in [3.8, 4) is 34.1 Å². The molecule has 0 saturated carbocycles. The molecular weight excluding hydrogens is 480 g/mol. The Bertz CT molecular complexity index is 1520. The quantitative estimate of drug-likeness (QED) is 0.315. The van der Waals surface area contributed by atoms with Gasteiger partial charge in [-0.15, -0.1) is 0 Å². The highest BCUT2D eigenvalue weighted by Gasteiger charge is 2.43. The van der Waals surface area contributed by atoms with E-state index in [4.69, 9.17) is 10.5 Å². The molecule has 0 bridgehead atoms. The van der Waals surface area contributed by atoms with Gasteiger partial charge in [0.2, 0.25) is 5.88 Å². The summed E-state index contributed by atoms with van der Waals surface area (Å²) in [5.74, 6) is -2.45.